The van der Waals surface area contributed by atoms with Gasteiger partial charge in [0.25, 0.3) is 0 Å². The van der Waals surface area contributed by atoms with E-state index in [4.69, 9.17) is 5.73 Å². The molecule has 0 radical (unpaired) electrons. The largest absolute Gasteiger partial charge is 0.382 e. The van der Waals surface area contributed by atoms with Gasteiger partial charge < -0.3 is 15.2 Å². The van der Waals surface area contributed by atoms with Gasteiger partial charge in [0.05, 0.1) is 6.33 Å². The van der Waals surface area contributed by atoms with Crippen LogP contribution in [0.5, 0.6) is 0 Å². The quantitative estimate of drug-likeness (QED) is 0.879. The van der Waals surface area contributed by atoms with E-state index in [0.29, 0.717) is 11.3 Å². The topological polar surface area (TPSA) is 72.9 Å². The first-order chi connectivity index (χ1) is 10.3. The Morgan fingerprint density at radius 1 is 1.29 bits per heavy atom. The van der Waals surface area contributed by atoms with E-state index < -0.39 is 0 Å². The van der Waals surface area contributed by atoms with Crippen LogP contribution < -0.4 is 5.73 Å². The van der Waals surface area contributed by atoms with Gasteiger partial charge in [0.2, 0.25) is 0 Å². The summed E-state index contributed by atoms with van der Waals surface area (Å²) in [5.41, 5.74) is 7.36. The molecule has 0 amide bonds. The van der Waals surface area contributed by atoms with E-state index in [-0.39, 0.29) is 0 Å². The molecule has 114 valence electrons. The van der Waals surface area contributed by atoms with Crippen molar-refractivity contribution in [3.63, 3.8) is 0 Å². The van der Waals surface area contributed by atoms with E-state index in [9.17, 15) is 0 Å². The number of nitrogens with zero attached hydrogens (tertiary/aromatic N) is 5. The maximum absolute atomic E-state index is 5.81. The molecular formula is C15H24N6. The molecular weight excluding hydrogens is 264 g/mol. The number of likely N-dealkylation sites (tertiary alicyclic amines) is 1. The first kappa shape index (κ1) is 14.3. The van der Waals surface area contributed by atoms with E-state index >= 15 is 0 Å². The molecule has 3 heterocycles. The van der Waals surface area contributed by atoms with Crippen LogP contribution in [-0.2, 0) is 6.54 Å². The Morgan fingerprint density at radius 2 is 2.19 bits per heavy atom. The first-order valence-electron chi connectivity index (χ1n) is 7.91. The summed E-state index contributed by atoms with van der Waals surface area (Å²) in [6, 6.07) is 0. The maximum Gasteiger partial charge on any atom is 0.165 e. The van der Waals surface area contributed by atoms with E-state index in [2.05, 4.69) is 31.3 Å². The third-order valence-electron chi connectivity index (χ3n) is 4.37. The zero-order valence-electron chi connectivity index (χ0n) is 12.7. The fourth-order valence-electron chi connectivity index (χ4n) is 3.29. The third kappa shape index (κ3) is 3.15. The maximum atomic E-state index is 5.81. The number of nitrogens with two attached hydrogens (primary N) is 1. The first-order valence-corrected chi connectivity index (χ1v) is 7.91. The van der Waals surface area contributed by atoms with Gasteiger partial charge in [-0.25, -0.2) is 15.0 Å². The number of hydrogen-bond acceptors (Lipinski definition) is 5. The van der Waals surface area contributed by atoms with Gasteiger partial charge >= 0.3 is 0 Å². The predicted molar refractivity (Wildman–Crippen MR) is 83.8 cm³/mol. The highest BCUT2D eigenvalue weighted by molar-refractivity contribution is 5.80. The van der Waals surface area contributed by atoms with Crippen molar-refractivity contribution < 1.29 is 0 Å². The lowest BCUT2D eigenvalue weighted by atomic mass is 10.0. The van der Waals surface area contributed by atoms with E-state index in [0.717, 1.165) is 31.1 Å². The zero-order valence-corrected chi connectivity index (χ0v) is 12.7. The molecule has 0 aromatic carbocycles. The molecule has 21 heavy (non-hydrogen) atoms. The molecule has 3 rings (SSSR count). The number of hydrogen-bond donors (Lipinski definition) is 1. The van der Waals surface area contributed by atoms with Crippen molar-refractivity contribution in [1.82, 2.24) is 24.4 Å². The summed E-state index contributed by atoms with van der Waals surface area (Å²) < 4.78 is 2.08. The fourth-order valence-corrected chi connectivity index (χ4v) is 3.29. The summed E-state index contributed by atoms with van der Waals surface area (Å²) in [6.07, 6.45) is 8.49. The summed E-state index contributed by atoms with van der Waals surface area (Å²) in [7, 11) is 0. The fraction of sp³-hybridized carbons (Fsp3) is 0.667. The van der Waals surface area contributed by atoms with Gasteiger partial charge in [-0.15, -0.1) is 0 Å². The third-order valence-corrected chi connectivity index (χ3v) is 4.37. The lowest BCUT2D eigenvalue weighted by molar-refractivity contribution is 0.309. The van der Waals surface area contributed by atoms with Crippen LogP contribution in [0, 0.1) is 5.92 Å². The summed E-state index contributed by atoms with van der Waals surface area (Å²) in [4.78, 5) is 15.1. The highest BCUT2D eigenvalue weighted by atomic mass is 15.2. The lowest BCUT2D eigenvalue weighted by Gasteiger charge is -2.15. The van der Waals surface area contributed by atoms with Crippen molar-refractivity contribution in [2.75, 3.05) is 25.4 Å². The summed E-state index contributed by atoms with van der Waals surface area (Å²) >= 11 is 0. The van der Waals surface area contributed by atoms with Crippen LogP contribution in [0.2, 0.25) is 0 Å². The Balaban J connectivity index is 1.52. The molecule has 2 N–H and O–H groups in total. The smallest absolute Gasteiger partial charge is 0.165 e. The number of fused-ring (bicyclic) bond motifs is 1. The Hall–Kier alpha value is -1.69. The van der Waals surface area contributed by atoms with Gasteiger partial charge in [0.15, 0.2) is 11.5 Å². The molecule has 1 unspecified atom stereocenters. The van der Waals surface area contributed by atoms with E-state index in [1.807, 2.05) is 6.33 Å². The van der Waals surface area contributed by atoms with Gasteiger partial charge in [-0.1, -0.05) is 13.3 Å². The Bertz CT molecular complexity index is 593. The standard InChI is InChI=1S/C15H24N6/c1-2-4-12-5-8-20(9-12)6-3-7-21-11-19-13-14(16)17-10-18-15(13)21/h10-12H,2-9H2,1H3,(H2,16,17,18). The van der Waals surface area contributed by atoms with Crippen LogP contribution in [0.1, 0.15) is 32.6 Å². The molecule has 1 aliphatic heterocycles. The number of anilines is 1. The van der Waals surface area contributed by atoms with Crippen LogP contribution in [0.3, 0.4) is 0 Å². The van der Waals surface area contributed by atoms with E-state index in [1.165, 1.54) is 38.7 Å². The van der Waals surface area contributed by atoms with Gasteiger partial charge in [0.1, 0.15) is 11.8 Å². The summed E-state index contributed by atoms with van der Waals surface area (Å²) in [5.74, 6) is 1.37. The van der Waals surface area contributed by atoms with Crippen molar-refractivity contribution in [2.24, 2.45) is 5.92 Å². The van der Waals surface area contributed by atoms with Gasteiger partial charge in [0, 0.05) is 13.1 Å². The van der Waals surface area contributed by atoms with Gasteiger partial charge in [-0.2, -0.15) is 0 Å². The molecule has 1 atom stereocenters. The molecule has 0 saturated carbocycles. The molecule has 6 heteroatoms. The number of nitrogen functional groups attached to an aromatic ring is 1. The van der Waals surface area contributed by atoms with Crippen molar-refractivity contribution >= 4 is 17.0 Å². The number of imidazole rings is 1. The second kappa shape index (κ2) is 6.39. The minimum atomic E-state index is 0.459. The Morgan fingerprint density at radius 3 is 3.05 bits per heavy atom. The minimum Gasteiger partial charge on any atom is -0.382 e. The van der Waals surface area contributed by atoms with Crippen LogP contribution >= 0.6 is 0 Å². The number of rotatable bonds is 6. The minimum absolute atomic E-state index is 0.459. The Kier molecular flexibility index (Phi) is 4.34. The van der Waals surface area contributed by atoms with Crippen LogP contribution in [0.15, 0.2) is 12.7 Å². The molecule has 0 spiro atoms. The normalized spacial score (nSPS) is 19.6. The SMILES string of the molecule is CCCC1CCN(CCCn2cnc3c(N)ncnc32)C1. The molecule has 0 bridgehead atoms. The average molecular weight is 288 g/mol. The molecule has 2 aromatic heterocycles. The van der Waals surface area contributed by atoms with Crippen molar-refractivity contribution in [3.8, 4) is 0 Å². The van der Waals surface area contributed by atoms with Crippen molar-refractivity contribution in [3.05, 3.63) is 12.7 Å². The summed E-state index contributed by atoms with van der Waals surface area (Å²) in [6.45, 7) is 6.89. The molecule has 2 aromatic rings. The zero-order chi connectivity index (χ0) is 14.7. The van der Waals surface area contributed by atoms with Crippen LogP contribution in [0.25, 0.3) is 11.2 Å². The highest BCUT2D eigenvalue weighted by Crippen LogP contribution is 2.21. The number of aryl methyl sites for hydroxylation is 1. The van der Waals surface area contributed by atoms with Crippen LogP contribution in [0.4, 0.5) is 5.82 Å². The van der Waals surface area contributed by atoms with Gasteiger partial charge in [-0.3, -0.25) is 0 Å². The molecule has 1 aliphatic rings. The highest BCUT2D eigenvalue weighted by Gasteiger charge is 2.20. The molecule has 0 aliphatic carbocycles. The Labute approximate surface area is 125 Å². The lowest BCUT2D eigenvalue weighted by Crippen LogP contribution is -2.23. The van der Waals surface area contributed by atoms with Crippen molar-refractivity contribution in [1.29, 1.82) is 0 Å². The van der Waals surface area contributed by atoms with Crippen molar-refractivity contribution in [2.45, 2.75) is 39.2 Å². The molecule has 6 nitrogen and oxygen atoms in total. The summed E-state index contributed by atoms with van der Waals surface area (Å²) in [5, 5.41) is 0. The average Bonchev–Trinajstić information content (AvgIpc) is 3.08. The number of aromatic nitrogens is 4. The predicted octanol–water partition coefficient (Wildman–Crippen LogP) is 1.92. The monoisotopic (exact) mass is 288 g/mol. The molecule has 1 fully saturated rings. The van der Waals surface area contributed by atoms with E-state index in [1.54, 1.807) is 0 Å². The molecule has 1 saturated heterocycles. The van der Waals surface area contributed by atoms with Gasteiger partial charge in [-0.05, 0) is 38.3 Å². The van der Waals surface area contributed by atoms with Crippen LogP contribution in [-0.4, -0.2) is 44.1 Å². The second-order valence-electron chi connectivity index (χ2n) is 5.97. The second-order valence-corrected chi connectivity index (χ2v) is 5.97.